The number of ether oxygens (including phenoxy) is 2. The lowest BCUT2D eigenvalue weighted by Gasteiger charge is -2.39. The number of carbonyl (C=O) groups is 2. The number of benzene rings is 1. The fourth-order valence-corrected chi connectivity index (χ4v) is 5.60. The lowest BCUT2D eigenvalue weighted by atomic mass is 9.92. The molecule has 1 fully saturated rings. The molecule has 2 aliphatic heterocycles. The third-order valence-electron chi connectivity index (χ3n) is 6.23. The number of hydrogen-bond acceptors (Lipinski definition) is 9. The number of aromatic nitrogens is 1. The number of piperidine rings is 1. The highest BCUT2D eigenvalue weighted by molar-refractivity contribution is 9.10. The van der Waals surface area contributed by atoms with Crippen LogP contribution in [-0.4, -0.2) is 73.4 Å². The van der Waals surface area contributed by atoms with Crippen LogP contribution in [0.4, 0.5) is 13.2 Å². The Morgan fingerprint density at radius 3 is 2.87 bits per heavy atom. The maximum atomic E-state index is 15.0. The zero-order valence-corrected chi connectivity index (χ0v) is 22.9. The molecule has 1 N–H and O–H groups in total. The van der Waals surface area contributed by atoms with E-state index in [0.29, 0.717) is 39.4 Å². The van der Waals surface area contributed by atoms with Crippen molar-refractivity contribution in [2.75, 3.05) is 39.5 Å². The van der Waals surface area contributed by atoms with Crippen molar-refractivity contribution < 1.29 is 32.2 Å². The van der Waals surface area contributed by atoms with Gasteiger partial charge in [-0.05, 0) is 37.6 Å². The van der Waals surface area contributed by atoms with Crippen molar-refractivity contribution in [3.63, 3.8) is 0 Å². The van der Waals surface area contributed by atoms with E-state index >= 15 is 0 Å². The number of hydrogen-bond donors (Lipinski definition) is 1. The van der Waals surface area contributed by atoms with Gasteiger partial charge in [0.05, 0.1) is 25.3 Å². The fourth-order valence-electron chi connectivity index (χ4n) is 4.45. The first-order valence-electron chi connectivity index (χ1n) is 11.9. The second-order valence-electron chi connectivity index (χ2n) is 8.78. The SMILES string of the molecule is CCOC(=O)C1=C(CN2CCC(COCC=O)C(F)(F)C2)NC(c2nccs2)=N[C@H]1c1ccc(F)cc1Br. The number of halogens is 4. The Morgan fingerprint density at radius 2 is 2.21 bits per heavy atom. The first kappa shape index (κ1) is 28.4. The number of amidine groups is 1. The molecule has 1 aromatic carbocycles. The van der Waals surface area contributed by atoms with Gasteiger partial charge in [0.2, 0.25) is 0 Å². The van der Waals surface area contributed by atoms with E-state index in [1.54, 1.807) is 23.4 Å². The summed E-state index contributed by atoms with van der Waals surface area (Å²) >= 11 is 4.70. The molecular weight excluding hydrogens is 589 g/mol. The maximum absolute atomic E-state index is 15.0. The minimum Gasteiger partial charge on any atom is -0.463 e. The minimum atomic E-state index is -3.06. The van der Waals surface area contributed by atoms with Crippen molar-refractivity contribution in [2.45, 2.75) is 25.3 Å². The van der Waals surface area contributed by atoms with E-state index in [1.165, 1.54) is 29.5 Å². The topological polar surface area (TPSA) is 93.1 Å². The van der Waals surface area contributed by atoms with E-state index in [-0.39, 0.29) is 38.4 Å². The predicted octanol–water partition coefficient (Wildman–Crippen LogP) is 4.13. The Balaban J connectivity index is 1.70. The number of esters is 1. The second-order valence-corrected chi connectivity index (χ2v) is 10.5. The van der Waals surface area contributed by atoms with Crippen molar-refractivity contribution in [3.8, 4) is 0 Å². The molecule has 1 unspecified atom stereocenters. The molecule has 0 radical (unpaired) electrons. The molecule has 3 heterocycles. The summed E-state index contributed by atoms with van der Waals surface area (Å²) in [5, 5.41) is 5.46. The number of nitrogens with one attached hydrogen (secondary N) is 1. The standard InChI is InChI=1S/C25H26BrF3N4O4S/c1-2-37-24(35)20-19(12-33-7-5-15(13-36-9-8-34)25(28,29)14-33)31-22(23-30-6-10-38-23)32-21(20)17-4-3-16(27)11-18(17)26/h3-4,6,8,10-11,15,21H,2,5,7,9,12-14H2,1H3,(H,31,32)/t15?,21-/m0/s1. The van der Waals surface area contributed by atoms with E-state index in [2.05, 4.69) is 26.2 Å². The zero-order valence-electron chi connectivity index (χ0n) is 20.5. The largest absolute Gasteiger partial charge is 0.463 e. The number of aliphatic imine (C=N–C) groups is 1. The van der Waals surface area contributed by atoms with Gasteiger partial charge in [-0.25, -0.2) is 22.9 Å². The van der Waals surface area contributed by atoms with Crippen molar-refractivity contribution in [3.05, 3.63) is 61.9 Å². The molecule has 1 aromatic heterocycles. The molecule has 38 heavy (non-hydrogen) atoms. The monoisotopic (exact) mass is 614 g/mol. The summed E-state index contributed by atoms with van der Waals surface area (Å²) < 4.78 is 54.7. The lowest BCUT2D eigenvalue weighted by Crippen LogP contribution is -2.51. The zero-order chi connectivity index (χ0) is 27.3. The summed E-state index contributed by atoms with van der Waals surface area (Å²) in [5.41, 5.74) is 1.02. The summed E-state index contributed by atoms with van der Waals surface area (Å²) in [6, 6.07) is 3.17. The van der Waals surface area contributed by atoms with Crippen LogP contribution in [-0.2, 0) is 19.1 Å². The minimum absolute atomic E-state index is 0.00857. The van der Waals surface area contributed by atoms with Gasteiger partial charge >= 0.3 is 5.97 Å². The molecule has 4 rings (SSSR count). The van der Waals surface area contributed by atoms with Crippen LogP contribution < -0.4 is 5.32 Å². The van der Waals surface area contributed by atoms with Gasteiger partial charge in [0, 0.05) is 34.2 Å². The Bertz CT molecular complexity index is 1230. The summed E-state index contributed by atoms with van der Waals surface area (Å²) in [6.45, 7) is 1.08. The first-order valence-corrected chi connectivity index (χ1v) is 13.6. The number of rotatable bonds is 10. The van der Waals surface area contributed by atoms with Gasteiger partial charge in [-0.3, -0.25) is 9.89 Å². The summed E-state index contributed by atoms with van der Waals surface area (Å²) in [4.78, 5) is 34.3. The highest BCUT2D eigenvalue weighted by atomic mass is 79.9. The van der Waals surface area contributed by atoms with Crippen molar-refractivity contribution >= 4 is 45.4 Å². The molecule has 0 bridgehead atoms. The van der Waals surface area contributed by atoms with Crippen LogP contribution in [0.2, 0.25) is 0 Å². The number of carbonyl (C=O) groups excluding carboxylic acids is 2. The van der Waals surface area contributed by atoms with Crippen LogP contribution in [0.3, 0.4) is 0 Å². The van der Waals surface area contributed by atoms with Crippen molar-refractivity contribution in [1.29, 1.82) is 0 Å². The third-order valence-corrected chi connectivity index (χ3v) is 7.69. The lowest BCUT2D eigenvalue weighted by molar-refractivity contribution is -0.139. The fraction of sp³-hybridized carbons (Fsp3) is 0.440. The Labute approximate surface area is 230 Å². The smallest absolute Gasteiger partial charge is 0.338 e. The number of alkyl halides is 2. The average Bonchev–Trinajstić information content (AvgIpc) is 3.40. The van der Waals surface area contributed by atoms with Crippen LogP contribution in [0.15, 0.2) is 50.5 Å². The van der Waals surface area contributed by atoms with E-state index in [4.69, 9.17) is 14.5 Å². The summed E-state index contributed by atoms with van der Waals surface area (Å²) in [6.07, 6.45) is 2.28. The molecule has 2 atom stereocenters. The second kappa shape index (κ2) is 12.5. The number of likely N-dealkylation sites (tertiary alicyclic amines) is 1. The highest BCUT2D eigenvalue weighted by Crippen LogP contribution is 2.38. The Kier molecular flexibility index (Phi) is 9.34. The first-order chi connectivity index (χ1) is 18.2. The van der Waals surface area contributed by atoms with E-state index in [1.807, 2.05) is 0 Å². The van der Waals surface area contributed by atoms with Gasteiger partial charge in [0.15, 0.2) is 10.8 Å². The van der Waals surface area contributed by atoms with Crippen LogP contribution in [0.1, 0.15) is 30.0 Å². The summed E-state index contributed by atoms with van der Waals surface area (Å²) in [5.74, 6) is -4.84. The van der Waals surface area contributed by atoms with Gasteiger partial charge in [0.1, 0.15) is 24.8 Å². The number of nitrogens with zero attached hydrogens (tertiary/aromatic N) is 3. The molecule has 0 aliphatic carbocycles. The normalized spacial score (nSPS) is 21.6. The quantitative estimate of drug-likeness (QED) is 0.244. The molecule has 8 nitrogen and oxygen atoms in total. The number of thiazole rings is 1. The van der Waals surface area contributed by atoms with Crippen LogP contribution in [0, 0.1) is 11.7 Å². The molecule has 0 saturated carbocycles. The van der Waals surface area contributed by atoms with Crippen LogP contribution in [0.25, 0.3) is 0 Å². The predicted molar refractivity (Wildman–Crippen MR) is 139 cm³/mol. The molecule has 2 aliphatic rings. The average molecular weight is 615 g/mol. The summed E-state index contributed by atoms with van der Waals surface area (Å²) in [7, 11) is 0. The van der Waals surface area contributed by atoms with Gasteiger partial charge in [-0.2, -0.15) is 0 Å². The number of aldehydes is 1. The van der Waals surface area contributed by atoms with Crippen molar-refractivity contribution in [1.82, 2.24) is 15.2 Å². The Hall–Kier alpha value is -2.61. The maximum Gasteiger partial charge on any atom is 0.338 e. The van der Waals surface area contributed by atoms with Crippen molar-refractivity contribution in [2.24, 2.45) is 10.9 Å². The molecule has 0 amide bonds. The van der Waals surface area contributed by atoms with Gasteiger partial charge in [-0.15, -0.1) is 11.3 Å². The molecule has 1 saturated heterocycles. The molecule has 204 valence electrons. The third kappa shape index (κ3) is 6.50. The highest BCUT2D eigenvalue weighted by Gasteiger charge is 2.45. The Morgan fingerprint density at radius 1 is 1.39 bits per heavy atom. The van der Waals surface area contributed by atoms with Crippen LogP contribution in [0.5, 0.6) is 0 Å². The molecule has 13 heteroatoms. The van der Waals surface area contributed by atoms with Gasteiger partial charge in [-0.1, -0.05) is 22.0 Å². The van der Waals surface area contributed by atoms with Gasteiger partial charge in [0.25, 0.3) is 5.92 Å². The van der Waals surface area contributed by atoms with E-state index < -0.39 is 36.2 Å². The molecular formula is C25H26BrF3N4O4S. The molecule has 2 aromatic rings. The van der Waals surface area contributed by atoms with Crippen LogP contribution >= 0.6 is 27.3 Å². The van der Waals surface area contributed by atoms with E-state index in [9.17, 15) is 22.8 Å². The molecule has 0 spiro atoms. The van der Waals surface area contributed by atoms with Gasteiger partial charge < -0.3 is 19.6 Å². The van der Waals surface area contributed by atoms with E-state index in [0.717, 1.165) is 0 Å².